The van der Waals surface area contributed by atoms with Gasteiger partial charge in [0, 0.05) is 6.54 Å². The fraction of sp³-hybridized carbons (Fsp3) is 0.462. The van der Waals surface area contributed by atoms with Crippen molar-refractivity contribution in [3.8, 4) is 11.5 Å². The number of hydrogen-bond acceptors (Lipinski definition) is 3. The Labute approximate surface area is 106 Å². The quantitative estimate of drug-likeness (QED) is 0.842. The molecule has 0 aliphatic rings. The minimum Gasteiger partial charge on any atom is -0.493 e. The van der Waals surface area contributed by atoms with E-state index in [2.05, 4.69) is 5.32 Å². The molecular formula is C13H18FNO3. The van der Waals surface area contributed by atoms with E-state index in [9.17, 15) is 9.18 Å². The lowest BCUT2D eigenvalue weighted by Crippen LogP contribution is -2.31. The maximum absolute atomic E-state index is 12.6. The van der Waals surface area contributed by atoms with Gasteiger partial charge in [0.2, 0.25) is 0 Å². The highest BCUT2D eigenvalue weighted by Crippen LogP contribution is 2.27. The number of hydrogen-bond donors (Lipinski definition) is 1. The van der Waals surface area contributed by atoms with E-state index in [1.807, 2.05) is 12.1 Å². The maximum Gasteiger partial charge on any atom is 0.254 e. The summed E-state index contributed by atoms with van der Waals surface area (Å²) in [6.45, 7) is 1.61. The Kier molecular flexibility index (Phi) is 5.42. The summed E-state index contributed by atoms with van der Waals surface area (Å²) in [6, 6.07) is 5.52. The third-order valence-corrected chi connectivity index (χ3v) is 2.52. The van der Waals surface area contributed by atoms with Gasteiger partial charge in [-0.2, -0.15) is 0 Å². The summed E-state index contributed by atoms with van der Waals surface area (Å²) < 4.78 is 22.9. The van der Waals surface area contributed by atoms with Gasteiger partial charge >= 0.3 is 0 Å². The molecule has 0 saturated heterocycles. The van der Waals surface area contributed by atoms with Gasteiger partial charge in [0.15, 0.2) is 17.7 Å². The van der Waals surface area contributed by atoms with Crippen molar-refractivity contribution in [3.63, 3.8) is 0 Å². The highest BCUT2D eigenvalue weighted by molar-refractivity contribution is 5.80. The lowest BCUT2D eigenvalue weighted by Gasteiger charge is -2.10. The summed E-state index contributed by atoms with van der Waals surface area (Å²) in [6.07, 6.45) is -0.867. The fourth-order valence-electron chi connectivity index (χ4n) is 1.51. The van der Waals surface area contributed by atoms with Gasteiger partial charge in [0.25, 0.3) is 5.91 Å². The molecule has 1 aromatic rings. The smallest absolute Gasteiger partial charge is 0.254 e. The Morgan fingerprint density at radius 3 is 2.56 bits per heavy atom. The summed E-state index contributed by atoms with van der Waals surface area (Å²) in [7, 11) is 3.13. The van der Waals surface area contributed by atoms with Crippen LogP contribution in [-0.2, 0) is 11.2 Å². The molecule has 4 nitrogen and oxygen atoms in total. The monoisotopic (exact) mass is 255 g/mol. The van der Waals surface area contributed by atoms with Crippen LogP contribution in [0.1, 0.15) is 12.5 Å². The summed E-state index contributed by atoms with van der Waals surface area (Å²) in [4.78, 5) is 11.0. The predicted octanol–water partition coefficient (Wildman–Crippen LogP) is 1.72. The second-order valence-electron chi connectivity index (χ2n) is 3.85. The maximum atomic E-state index is 12.6. The number of carbonyl (C=O) groups excluding carboxylic acids is 1. The number of benzene rings is 1. The Balaban J connectivity index is 2.55. The first-order valence-electron chi connectivity index (χ1n) is 5.71. The number of carbonyl (C=O) groups is 1. The van der Waals surface area contributed by atoms with Crippen molar-refractivity contribution in [3.05, 3.63) is 23.8 Å². The zero-order valence-electron chi connectivity index (χ0n) is 10.8. The van der Waals surface area contributed by atoms with E-state index >= 15 is 0 Å². The van der Waals surface area contributed by atoms with Crippen LogP contribution < -0.4 is 14.8 Å². The molecule has 5 heteroatoms. The molecule has 18 heavy (non-hydrogen) atoms. The minimum absolute atomic E-state index is 0.391. The first-order valence-corrected chi connectivity index (χ1v) is 5.71. The first kappa shape index (κ1) is 14.3. The van der Waals surface area contributed by atoms with Crippen molar-refractivity contribution in [2.24, 2.45) is 0 Å². The molecule has 0 aliphatic carbocycles. The molecule has 1 unspecified atom stereocenters. The summed E-state index contributed by atoms with van der Waals surface area (Å²) in [5, 5.41) is 2.51. The van der Waals surface area contributed by atoms with Crippen molar-refractivity contribution >= 4 is 5.91 Å². The molecule has 0 heterocycles. The van der Waals surface area contributed by atoms with E-state index in [1.165, 1.54) is 6.92 Å². The summed E-state index contributed by atoms with van der Waals surface area (Å²) in [5.41, 5.74) is 0.986. The molecule has 0 spiro atoms. The Morgan fingerprint density at radius 2 is 2.00 bits per heavy atom. The minimum atomic E-state index is -1.48. The zero-order valence-corrected chi connectivity index (χ0v) is 10.8. The highest BCUT2D eigenvalue weighted by atomic mass is 19.1. The molecule has 0 aromatic heterocycles. The van der Waals surface area contributed by atoms with Crippen LogP contribution in [0.4, 0.5) is 4.39 Å². The molecule has 0 bridgehead atoms. The van der Waals surface area contributed by atoms with Crippen molar-refractivity contribution in [2.75, 3.05) is 20.8 Å². The summed E-state index contributed by atoms with van der Waals surface area (Å²) in [5.74, 6) is 0.707. The van der Waals surface area contributed by atoms with Crippen molar-refractivity contribution in [2.45, 2.75) is 19.5 Å². The average molecular weight is 255 g/mol. The van der Waals surface area contributed by atoms with E-state index in [0.29, 0.717) is 24.5 Å². The van der Waals surface area contributed by atoms with Gasteiger partial charge in [-0.1, -0.05) is 6.07 Å². The van der Waals surface area contributed by atoms with Crippen LogP contribution in [0.3, 0.4) is 0 Å². The highest BCUT2D eigenvalue weighted by Gasteiger charge is 2.09. The van der Waals surface area contributed by atoms with E-state index in [0.717, 1.165) is 5.56 Å². The van der Waals surface area contributed by atoms with Crippen LogP contribution in [0.2, 0.25) is 0 Å². The molecule has 0 radical (unpaired) electrons. The van der Waals surface area contributed by atoms with Crippen LogP contribution in [0.5, 0.6) is 11.5 Å². The molecule has 0 fully saturated rings. The number of ether oxygens (including phenoxy) is 2. The summed E-state index contributed by atoms with van der Waals surface area (Å²) >= 11 is 0. The van der Waals surface area contributed by atoms with Crippen LogP contribution in [0.15, 0.2) is 18.2 Å². The third-order valence-electron chi connectivity index (χ3n) is 2.52. The third kappa shape index (κ3) is 3.91. The molecule has 1 rings (SSSR count). The molecule has 1 aromatic carbocycles. The second kappa shape index (κ2) is 6.83. The van der Waals surface area contributed by atoms with E-state index in [4.69, 9.17) is 9.47 Å². The molecule has 0 saturated carbocycles. The van der Waals surface area contributed by atoms with E-state index in [-0.39, 0.29) is 0 Å². The average Bonchev–Trinajstić information content (AvgIpc) is 2.38. The van der Waals surface area contributed by atoms with Crippen molar-refractivity contribution in [1.82, 2.24) is 5.32 Å². The number of halogens is 1. The number of methoxy groups -OCH3 is 2. The van der Waals surface area contributed by atoms with Gasteiger partial charge < -0.3 is 14.8 Å². The van der Waals surface area contributed by atoms with Gasteiger partial charge in [-0.15, -0.1) is 0 Å². The normalized spacial score (nSPS) is 11.8. The largest absolute Gasteiger partial charge is 0.493 e. The van der Waals surface area contributed by atoms with Crippen LogP contribution in [0, 0.1) is 0 Å². The van der Waals surface area contributed by atoms with Crippen LogP contribution in [-0.4, -0.2) is 32.8 Å². The Morgan fingerprint density at radius 1 is 1.33 bits per heavy atom. The van der Waals surface area contributed by atoms with E-state index in [1.54, 1.807) is 20.3 Å². The van der Waals surface area contributed by atoms with Gasteiger partial charge in [0.05, 0.1) is 14.2 Å². The molecule has 1 atom stereocenters. The van der Waals surface area contributed by atoms with Crippen molar-refractivity contribution < 1.29 is 18.7 Å². The number of nitrogens with one attached hydrogen (secondary N) is 1. The van der Waals surface area contributed by atoms with Gasteiger partial charge in [-0.3, -0.25) is 4.79 Å². The van der Waals surface area contributed by atoms with E-state index < -0.39 is 12.1 Å². The first-order chi connectivity index (χ1) is 8.58. The number of rotatable bonds is 6. The number of alkyl halides is 1. The topological polar surface area (TPSA) is 47.6 Å². The van der Waals surface area contributed by atoms with Gasteiger partial charge in [-0.25, -0.2) is 4.39 Å². The standard InChI is InChI=1S/C13H18FNO3/c1-9(14)13(16)15-7-6-10-4-5-11(17-2)12(8-10)18-3/h4-5,8-9H,6-7H2,1-3H3,(H,15,16). The lowest BCUT2D eigenvalue weighted by atomic mass is 10.1. The SMILES string of the molecule is COc1ccc(CCNC(=O)C(C)F)cc1OC. The molecule has 1 N–H and O–H groups in total. The number of amides is 1. The second-order valence-corrected chi connectivity index (χ2v) is 3.85. The van der Waals surface area contributed by atoms with Gasteiger partial charge in [-0.05, 0) is 31.0 Å². The lowest BCUT2D eigenvalue weighted by molar-refractivity contribution is -0.125. The van der Waals surface area contributed by atoms with Gasteiger partial charge in [0.1, 0.15) is 0 Å². The fourth-order valence-corrected chi connectivity index (χ4v) is 1.51. The molecular weight excluding hydrogens is 237 g/mol. The van der Waals surface area contributed by atoms with Crippen molar-refractivity contribution in [1.29, 1.82) is 0 Å². The molecule has 100 valence electrons. The Hall–Kier alpha value is -1.78. The zero-order chi connectivity index (χ0) is 13.5. The molecule has 1 amide bonds. The van der Waals surface area contributed by atoms with Crippen LogP contribution >= 0.6 is 0 Å². The molecule has 0 aliphatic heterocycles. The van der Waals surface area contributed by atoms with Crippen LogP contribution in [0.25, 0.3) is 0 Å². The predicted molar refractivity (Wildman–Crippen MR) is 66.8 cm³/mol. The Bertz CT molecular complexity index is 407.